The van der Waals surface area contributed by atoms with Crippen LogP contribution in [0.5, 0.6) is 0 Å². The molecule has 148 valence electrons. The highest BCUT2D eigenvalue weighted by atomic mass is 35.5. The summed E-state index contributed by atoms with van der Waals surface area (Å²) in [4.78, 5) is 24.4. The molecule has 2 heterocycles. The fraction of sp³-hybridized carbons (Fsp3) is 0.421. The van der Waals surface area contributed by atoms with Crippen LogP contribution in [0, 0.1) is 0 Å². The van der Waals surface area contributed by atoms with E-state index in [1.54, 1.807) is 0 Å². The van der Waals surface area contributed by atoms with Gasteiger partial charge in [0.2, 0.25) is 6.29 Å². The van der Waals surface area contributed by atoms with Gasteiger partial charge < -0.3 is 20.5 Å². The minimum atomic E-state index is -1.22. The Balaban J connectivity index is 1.48. The molecule has 0 aromatic heterocycles. The minimum Gasteiger partial charge on any atom is -0.479 e. The smallest absolute Gasteiger partial charge is 0.335 e. The number of amidine groups is 1. The molecule has 1 aliphatic carbocycles. The van der Waals surface area contributed by atoms with E-state index in [1.165, 1.54) is 5.01 Å². The average molecular weight is 405 g/mol. The Morgan fingerprint density at radius 1 is 1.25 bits per heavy atom. The van der Waals surface area contributed by atoms with Crippen molar-refractivity contribution in [3.05, 3.63) is 46.6 Å². The van der Waals surface area contributed by atoms with Crippen LogP contribution in [-0.4, -0.2) is 46.3 Å². The lowest BCUT2D eigenvalue weighted by molar-refractivity contribution is -0.169. The van der Waals surface area contributed by atoms with Crippen LogP contribution in [0.15, 0.2) is 46.2 Å². The molecular formula is C19H21ClN4O4. The van der Waals surface area contributed by atoms with Gasteiger partial charge in [-0.05, 0) is 25.7 Å². The molecule has 1 aromatic rings. The van der Waals surface area contributed by atoms with Gasteiger partial charge in [-0.3, -0.25) is 4.79 Å². The van der Waals surface area contributed by atoms with E-state index < -0.39 is 23.8 Å². The van der Waals surface area contributed by atoms with Gasteiger partial charge >= 0.3 is 5.97 Å². The second kappa shape index (κ2) is 7.44. The normalized spacial score (nSPS) is 23.6. The molecular weight excluding hydrogens is 384 g/mol. The van der Waals surface area contributed by atoms with Crippen LogP contribution in [0.4, 0.5) is 0 Å². The van der Waals surface area contributed by atoms with Gasteiger partial charge in [0.05, 0.1) is 12.3 Å². The van der Waals surface area contributed by atoms with Gasteiger partial charge in [0.15, 0.2) is 11.4 Å². The van der Waals surface area contributed by atoms with Crippen molar-refractivity contribution in [2.45, 2.75) is 44.0 Å². The fourth-order valence-corrected chi connectivity index (χ4v) is 3.89. The number of halogens is 1. The summed E-state index contributed by atoms with van der Waals surface area (Å²) >= 11 is 6.24. The van der Waals surface area contributed by atoms with Crippen LogP contribution in [-0.2, 0) is 14.3 Å². The van der Waals surface area contributed by atoms with Crippen molar-refractivity contribution < 1.29 is 19.4 Å². The summed E-state index contributed by atoms with van der Waals surface area (Å²) in [6.07, 6.45) is 2.91. The van der Waals surface area contributed by atoms with Crippen LogP contribution in [0.1, 0.15) is 37.7 Å². The Bertz CT molecular complexity index is 849. The van der Waals surface area contributed by atoms with Gasteiger partial charge in [-0.2, -0.15) is 5.01 Å². The molecule has 8 nitrogen and oxygen atoms in total. The molecule has 9 heteroatoms. The summed E-state index contributed by atoms with van der Waals surface area (Å²) in [7, 11) is 0. The first-order valence-electron chi connectivity index (χ1n) is 9.27. The SMILES string of the molecule is O=C1C(Cl)=C(COC2(C(=O)O)CCCCC2)NC2NC(c3ccccc3)=NN12. The highest BCUT2D eigenvalue weighted by Gasteiger charge is 2.43. The maximum Gasteiger partial charge on any atom is 0.335 e. The van der Waals surface area contributed by atoms with E-state index >= 15 is 0 Å². The van der Waals surface area contributed by atoms with Crippen molar-refractivity contribution in [2.24, 2.45) is 5.10 Å². The molecule has 0 radical (unpaired) electrons. The van der Waals surface area contributed by atoms with Gasteiger partial charge in [0.1, 0.15) is 5.03 Å². The highest BCUT2D eigenvalue weighted by molar-refractivity contribution is 6.42. The van der Waals surface area contributed by atoms with Gasteiger partial charge in [-0.25, -0.2) is 4.79 Å². The average Bonchev–Trinajstić information content (AvgIpc) is 3.15. The van der Waals surface area contributed by atoms with E-state index in [0.29, 0.717) is 24.4 Å². The van der Waals surface area contributed by atoms with Gasteiger partial charge in [-0.15, -0.1) is 5.10 Å². The molecule has 1 saturated carbocycles. The van der Waals surface area contributed by atoms with Crippen molar-refractivity contribution >= 4 is 29.3 Å². The Kier molecular flexibility index (Phi) is 4.99. The molecule has 1 aromatic carbocycles. The fourth-order valence-electron chi connectivity index (χ4n) is 3.70. The number of carbonyl (C=O) groups excluding carboxylic acids is 1. The number of carbonyl (C=O) groups is 2. The number of ether oxygens (including phenoxy) is 1. The van der Waals surface area contributed by atoms with Gasteiger partial charge in [-0.1, -0.05) is 48.4 Å². The number of hydrazone groups is 1. The van der Waals surface area contributed by atoms with Crippen LogP contribution in [0.3, 0.4) is 0 Å². The van der Waals surface area contributed by atoms with Crippen molar-refractivity contribution in [2.75, 3.05) is 6.61 Å². The molecule has 1 atom stereocenters. The maximum atomic E-state index is 12.6. The summed E-state index contributed by atoms with van der Waals surface area (Å²) in [5.74, 6) is -0.885. The van der Waals surface area contributed by atoms with E-state index in [1.807, 2.05) is 30.3 Å². The molecule has 0 bridgehead atoms. The third-order valence-electron chi connectivity index (χ3n) is 5.29. The second-order valence-electron chi connectivity index (χ2n) is 7.10. The third-order valence-corrected chi connectivity index (χ3v) is 5.68. The molecule has 28 heavy (non-hydrogen) atoms. The number of rotatable bonds is 5. The van der Waals surface area contributed by atoms with Crippen LogP contribution < -0.4 is 10.6 Å². The number of hydrogen-bond acceptors (Lipinski definition) is 6. The lowest BCUT2D eigenvalue weighted by Crippen LogP contribution is -2.55. The monoisotopic (exact) mass is 404 g/mol. The van der Waals surface area contributed by atoms with Gasteiger partial charge in [0.25, 0.3) is 5.91 Å². The zero-order chi connectivity index (χ0) is 19.7. The standard InChI is InChI=1S/C19H21ClN4O4/c20-14-13(11-28-19(17(26)27)9-5-2-6-10-19)21-18-22-15(23-24(18)16(14)25)12-7-3-1-4-8-12/h1,3-4,7-8,18,21H,2,5-6,9-11H2,(H,22,23)(H,26,27). The number of amides is 1. The number of carboxylic acids is 1. The van der Waals surface area contributed by atoms with Crippen molar-refractivity contribution in [1.29, 1.82) is 0 Å². The number of nitrogens with zero attached hydrogens (tertiary/aromatic N) is 2. The molecule has 0 saturated heterocycles. The first-order chi connectivity index (χ1) is 13.5. The third kappa shape index (κ3) is 3.33. The molecule has 3 aliphatic rings. The second-order valence-corrected chi connectivity index (χ2v) is 7.47. The Labute approximate surface area is 167 Å². The quantitative estimate of drug-likeness (QED) is 0.692. The molecule has 0 spiro atoms. The first kappa shape index (κ1) is 18.8. The topological polar surface area (TPSA) is 103 Å². The molecule has 4 rings (SSSR count). The van der Waals surface area contributed by atoms with E-state index in [2.05, 4.69) is 15.7 Å². The van der Waals surface area contributed by atoms with Gasteiger partial charge in [0, 0.05) is 5.56 Å². The summed E-state index contributed by atoms with van der Waals surface area (Å²) in [6.45, 7) is -0.0798. The highest BCUT2D eigenvalue weighted by Crippen LogP contribution is 2.33. The first-order valence-corrected chi connectivity index (χ1v) is 9.65. The van der Waals surface area contributed by atoms with E-state index in [0.717, 1.165) is 24.8 Å². The number of hydrogen-bond donors (Lipinski definition) is 3. The van der Waals surface area contributed by atoms with E-state index in [9.17, 15) is 14.7 Å². The number of benzene rings is 1. The summed E-state index contributed by atoms with van der Waals surface area (Å²) < 4.78 is 5.81. The summed E-state index contributed by atoms with van der Waals surface area (Å²) in [5.41, 5.74) is -0.0254. The summed E-state index contributed by atoms with van der Waals surface area (Å²) in [5, 5.41) is 21.4. The van der Waals surface area contributed by atoms with Crippen LogP contribution in [0.25, 0.3) is 0 Å². The van der Waals surface area contributed by atoms with Crippen LogP contribution in [0.2, 0.25) is 0 Å². The molecule has 1 amide bonds. The van der Waals surface area contributed by atoms with Crippen LogP contribution >= 0.6 is 11.6 Å². The Hall–Kier alpha value is -2.58. The predicted molar refractivity (Wildman–Crippen MR) is 102 cm³/mol. The molecule has 1 unspecified atom stereocenters. The minimum absolute atomic E-state index is 0.0486. The molecule has 1 fully saturated rings. The Morgan fingerprint density at radius 2 is 1.96 bits per heavy atom. The predicted octanol–water partition coefficient (Wildman–Crippen LogP) is 1.92. The number of fused-ring (bicyclic) bond motifs is 1. The molecule has 2 aliphatic heterocycles. The van der Waals surface area contributed by atoms with Crippen molar-refractivity contribution in [3.8, 4) is 0 Å². The molecule has 3 N–H and O–H groups in total. The Morgan fingerprint density at radius 3 is 2.64 bits per heavy atom. The number of aliphatic carboxylic acids is 1. The number of nitrogens with one attached hydrogen (secondary N) is 2. The van der Waals surface area contributed by atoms with E-state index in [4.69, 9.17) is 16.3 Å². The zero-order valence-electron chi connectivity index (χ0n) is 15.2. The lowest BCUT2D eigenvalue weighted by atomic mass is 9.84. The summed E-state index contributed by atoms with van der Waals surface area (Å²) in [6, 6.07) is 9.42. The largest absolute Gasteiger partial charge is 0.479 e. The van der Waals surface area contributed by atoms with Crippen molar-refractivity contribution in [3.63, 3.8) is 0 Å². The zero-order valence-corrected chi connectivity index (χ0v) is 15.9. The van der Waals surface area contributed by atoms with Crippen molar-refractivity contribution in [1.82, 2.24) is 15.6 Å². The maximum absolute atomic E-state index is 12.6. The number of carboxylic acid groups (broad SMARTS) is 1. The lowest BCUT2D eigenvalue weighted by Gasteiger charge is -2.35. The van der Waals surface area contributed by atoms with E-state index in [-0.39, 0.29) is 11.6 Å².